The van der Waals surface area contributed by atoms with E-state index < -0.39 is 0 Å². The molecule has 6 aromatic heterocycles. The molecule has 330 valence electrons. The maximum atomic E-state index is 4.68. The number of aryl methyl sites for hydroxylation is 6. The highest BCUT2D eigenvalue weighted by atomic mass is 15.0. The lowest BCUT2D eigenvalue weighted by Crippen LogP contribution is -2.16. The van der Waals surface area contributed by atoms with Gasteiger partial charge in [0.15, 0.2) is 0 Å². The number of benzene rings is 8. The Hall–Kier alpha value is -8.74. The predicted octanol–water partition coefficient (Wildman–Crippen LogP) is 15.2. The number of nitrogens with zero attached hydrogens (tertiary/aromatic N) is 6. The van der Waals surface area contributed by atoms with Crippen LogP contribution in [0, 0.1) is 0 Å². The van der Waals surface area contributed by atoms with Gasteiger partial charge in [-0.3, -0.25) is 9.97 Å². The minimum absolute atomic E-state index is 0.942. The molecular formula is C64H44N6. The Balaban J connectivity index is 0.926. The molecule has 0 N–H and O–H groups in total. The summed E-state index contributed by atoms with van der Waals surface area (Å²) in [6.07, 6.45) is 11.7. The van der Waals surface area contributed by atoms with Crippen LogP contribution in [0.5, 0.6) is 0 Å². The molecule has 0 saturated carbocycles. The van der Waals surface area contributed by atoms with Gasteiger partial charge in [-0.2, -0.15) is 0 Å². The largest absolute Gasteiger partial charge is 0.344 e. The van der Waals surface area contributed by atoms with Gasteiger partial charge in [0.2, 0.25) is 0 Å². The summed E-state index contributed by atoms with van der Waals surface area (Å²) in [7, 11) is 4.34. The third kappa shape index (κ3) is 5.07. The van der Waals surface area contributed by atoms with Crippen LogP contribution in [0.2, 0.25) is 0 Å². The van der Waals surface area contributed by atoms with Crippen LogP contribution < -0.4 is 0 Å². The average molecular weight is 897 g/mol. The molecule has 2 aliphatic rings. The highest BCUT2D eigenvalue weighted by molar-refractivity contribution is 6.18. The fourth-order valence-corrected chi connectivity index (χ4v) is 13.2. The summed E-state index contributed by atoms with van der Waals surface area (Å²) in [6, 6.07) is 59.4. The van der Waals surface area contributed by atoms with Crippen molar-refractivity contribution in [2.24, 2.45) is 14.1 Å². The van der Waals surface area contributed by atoms with Crippen LogP contribution in [-0.4, -0.2) is 28.2 Å². The smallest absolute Gasteiger partial charge is 0.0645 e. The van der Waals surface area contributed by atoms with Crippen LogP contribution in [0.3, 0.4) is 0 Å². The van der Waals surface area contributed by atoms with Crippen LogP contribution >= 0.6 is 0 Å². The fourth-order valence-electron chi connectivity index (χ4n) is 13.2. The third-order valence-corrected chi connectivity index (χ3v) is 16.3. The van der Waals surface area contributed by atoms with Crippen molar-refractivity contribution in [3.63, 3.8) is 0 Å². The summed E-state index contributed by atoms with van der Waals surface area (Å²) in [6.45, 7) is 0. The van der Waals surface area contributed by atoms with Crippen LogP contribution in [0.15, 0.2) is 183 Å². The normalized spacial score (nSPS) is 13.3. The maximum Gasteiger partial charge on any atom is 0.0645 e. The molecule has 0 bridgehead atoms. The molecule has 0 aliphatic heterocycles. The van der Waals surface area contributed by atoms with Gasteiger partial charge in [0.05, 0.1) is 45.8 Å². The number of fused-ring (bicyclic) bond motifs is 14. The standard InChI is InChI=1S/C64H44N6/c1-67-55-13-5-3-11-45(55)49-29-37(17-23-57(49)67)39-19-25-59-51(31-39)53-33-41-15-16-42-34-54-52-32-40(38-18-24-58-50(30-38)46-12-4-6-14-56(46)68(58)2)20-26-60(52)70(44-10-8-28-66-36-44)64(54)48-22-21-47(61(41)62(42)48)63(53)69(59)43-9-7-27-65-35-43/h3-14,17-20,23-36H,15-16,21-22H2,1-2H3. The molecular weight excluding hydrogens is 853 g/mol. The Kier molecular flexibility index (Phi) is 7.61. The van der Waals surface area contributed by atoms with Gasteiger partial charge in [0.1, 0.15) is 0 Å². The second-order valence-electron chi connectivity index (χ2n) is 19.7. The number of hydrogen-bond donors (Lipinski definition) is 0. The van der Waals surface area contributed by atoms with E-state index in [1.807, 2.05) is 24.8 Å². The van der Waals surface area contributed by atoms with E-state index in [1.54, 1.807) is 0 Å². The van der Waals surface area contributed by atoms with E-state index >= 15 is 0 Å². The van der Waals surface area contributed by atoms with E-state index in [2.05, 4.69) is 200 Å². The van der Waals surface area contributed by atoms with Crippen molar-refractivity contribution in [1.82, 2.24) is 28.2 Å². The first kappa shape index (κ1) is 38.3. The molecule has 0 unspecified atom stereocenters. The molecule has 0 atom stereocenters. The van der Waals surface area contributed by atoms with E-state index in [0.29, 0.717) is 0 Å². The monoisotopic (exact) mass is 896 g/mol. The van der Waals surface area contributed by atoms with Gasteiger partial charge in [0.25, 0.3) is 0 Å². The first-order valence-electron chi connectivity index (χ1n) is 24.6. The summed E-state index contributed by atoms with van der Waals surface area (Å²) in [4.78, 5) is 9.36. The van der Waals surface area contributed by atoms with Gasteiger partial charge in [-0.25, -0.2) is 0 Å². The number of aromatic nitrogens is 6. The maximum absolute atomic E-state index is 4.68. The summed E-state index contributed by atoms with van der Waals surface area (Å²) in [5.41, 5.74) is 25.9. The summed E-state index contributed by atoms with van der Waals surface area (Å²) in [5.74, 6) is 0. The molecule has 8 aromatic carbocycles. The quantitative estimate of drug-likeness (QED) is 0.177. The highest BCUT2D eigenvalue weighted by Crippen LogP contribution is 2.52. The topological polar surface area (TPSA) is 45.5 Å². The molecule has 70 heavy (non-hydrogen) atoms. The minimum atomic E-state index is 0.942. The van der Waals surface area contributed by atoms with E-state index in [1.165, 1.54) is 143 Å². The first-order valence-corrected chi connectivity index (χ1v) is 24.6. The van der Waals surface area contributed by atoms with Crippen molar-refractivity contribution in [2.45, 2.75) is 25.7 Å². The number of para-hydroxylation sites is 2. The predicted molar refractivity (Wildman–Crippen MR) is 290 cm³/mol. The Bertz CT molecular complexity index is 4300. The zero-order valence-corrected chi connectivity index (χ0v) is 38.8. The van der Waals surface area contributed by atoms with E-state index in [4.69, 9.17) is 0 Å². The Morgan fingerprint density at radius 2 is 0.729 bits per heavy atom. The molecule has 0 fully saturated rings. The SMILES string of the molecule is Cn1c2ccccc2c2cc(-c3ccc4c(c3)c3cc5c6c(c3n4-c3cccnc3)CCc3c-6c(cc4c6cc(-c7ccc8c(c7)c7ccccc7n8C)ccc6n(-c6cccnc6)c34)CC5)ccc21. The number of pyridine rings is 2. The summed E-state index contributed by atoms with van der Waals surface area (Å²) in [5, 5.41) is 10.4. The molecule has 14 aromatic rings. The molecule has 6 nitrogen and oxygen atoms in total. The summed E-state index contributed by atoms with van der Waals surface area (Å²) >= 11 is 0. The lowest BCUT2D eigenvalue weighted by atomic mass is 9.74. The number of hydrogen-bond acceptors (Lipinski definition) is 2. The molecule has 0 radical (unpaired) electrons. The van der Waals surface area contributed by atoms with Crippen molar-refractivity contribution in [3.05, 3.63) is 205 Å². The lowest BCUT2D eigenvalue weighted by molar-refractivity contribution is 0.883. The fraction of sp³-hybridized carbons (Fsp3) is 0.0938. The lowest BCUT2D eigenvalue weighted by Gasteiger charge is -2.31. The van der Waals surface area contributed by atoms with Gasteiger partial charge in [-0.15, -0.1) is 0 Å². The van der Waals surface area contributed by atoms with Crippen LogP contribution in [0.1, 0.15) is 22.3 Å². The van der Waals surface area contributed by atoms with Crippen LogP contribution in [0.25, 0.3) is 132 Å². The van der Waals surface area contributed by atoms with Crippen molar-refractivity contribution in [1.29, 1.82) is 0 Å². The Morgan fingerprint density at radius 3 is 1.14 bits per heavy atom. The van der Waals surface area contributed by atoms with Gasteiger partial charge in [-0.05, 0) is 178 Å². The van der Waals surface area contributed by atoms with Gasteiger partial charge in [0, 0.05) is 91.6 Å². The highest BCUT2D eigenvalue weighted by Gasteiger charge is 2.33. The summed E-state index contributed by atoms with van der Waals surface area (Å²) < 4.78 is 9.63. The van der Waals surface area contributed by atoms with Gasteiger partial charge in [-0.1, -0.05) is 60.7 Å². The second kappa shape index (κ2) is 13.9. The van der Waals surface area contributed by atoms with E-state index in [-0.39, 0.29) is 0 Å². The molecule has 6 heteroatoms. The third-order valence-electron chi connectivity index (χ3n) is 16.3. The Morgan fingerprint density at radius 1 is 0.343 bits per heavy atom. The minimum Gasteiger partial charge on any atom is -0.344 e. The first-order chi connectivity index (χ1) is 34.6. The van der Waals surface area contributed by atoms with Crippen molar-refractivity contribution in [2.75, 3.05) is 0 Å². The number of rotatable bonds is 4. The second-order valence-corrected chi connectivity index (χ2v) is 19.7. The van der Waals surface area contributed by atoms with Crippen molar-refractivity contribution >= 4 is 87.2 Å². The zero-order valence-electron chi connectivity index (χ0n) is 38.8. The molecule has 6 heterocycles. The molecule has 16 rings (SSSR count). The van der Waals surface area contributed by atoms with Crippen LogP contribution in [0.4, 0.5) is 0 Å². The average Bonchev–Trinajstić information content (AvgIpc) is 4.12. The van der Waals surface area contributed by atoms with Gasteiger partial charge >= 0.3 is 0 Å². The van der Waals surface area contributed by atoms with Crippen molar-refractivity contribution in [3.8, 4) is 44.8 Å². The molecule has 0 amide bonds. The molecule has 0 saturated heterocycles. The molecule has 2 aliphatic carbocycles. The van der Waals surface area contributed by atoms with Crippen molar-refractivity contribution < 1.29 is 0 Å². The van der Waals surface area contributed by atoms with E-state index in [0.717, 1.165) is 37.1 Å². The van der Waals surface area contributed by atoms with Gasteiger partial charge < -0.3 is 18.3 Å². The molecule has 0 spiro atoms. The zero-order chi connectivity index (χ0) is 45.9. The van der Waals surface area contributed by atoms with E-state index in [9.17, 15) is 0 Å². The van der Waals surface area contributed by atoms with Crippen LogP contribution in [-0.2, 0) is 39.8 Å². The Labute approximate surface area is 402 Å².